The summed E-state index contributed by atoms with van der Waals surface area (Å²) in [4.78, 5) is 19.4. The molecular weight excluding hydrogens is 520 g/mol. The molecule has 0 radical (unpaired) electrons. The van der Waals surface area contributed by atoms with Crippen LogP contribution in [0.3, 0.4) is 0 Å². The number of ether oxygens (including phenoxy) is 2. The van der Waals surface area contributed by atoms with Crippen LogP contribution in [0.4, 0.5) is 5.69 Å². The molecule has 198 valence electrons. The second kappa shape index (κ2) is 11.0. The molecule has 0 saturated carbocycles. The van der Waals surface area contributed by atoms with E-state index in [1.807, 2.05) is 114 Å². The second-order valence-electron chi connectivity index (χ2n) is 9.22. The van der Waals surface area contributed by atoms with Crippen molar-refractivity contribution in [3.05, 3.63) is 139 Å². The van der Waals surface area contributed by atoms with Crippen LogP contribution in [-0.2, 0) is 4.74 Å². The molecule has 1 aliphatic heterocycles. The van der Waals surface area contributed by atoms with Gasteiger partial charge in [-0.2, -0.15) is 0 Å². The summed E-state index contributed by atoms with van der Waals surface area (Å²) in [6.07, 6.45) is 3.73. The number of thiocarbonyl (C=S) groups is 1. The van der Waals surface area contributed by atoms with Gasteiger partial charge in [-0.15, -0.1) is 0 Å². The first kappa shape index (κ1) is 25.3. The summed E-state index contributed by atoms with van der Waals surface area (Å²) in [6, 6.07) is 34.3. The van der Waals surface area contributed by atoms with Crippen molar-refractivity contribution < 1.29 is 14.3 Å². The average molecular weight is 547 g/mol. The van der Waals surface area contributed by atoms with E-state index in [-0.39, 0.29) is 12.1 Å². The summed E-state index contributed by atoms with van der Waals surface area (Å²) < 4.78 is 13.1. The number of hydrogen-bond donors (Lipinski definition) is 1. The van der Waals surface area contributed by atoms with Crippen LogP contribution < -0.4 is 15.0 Å². The molecule has 0 aliphatic carbocycles. The third kappa shape index (κ3) is 4.81. The number of hydrogen-bond acceptors (Lipinski definition) is 5. The molecule has 2 atom stereocenters. The fourth-order valence-corrected chi connectivity index (χ4v) is 5.40. The Balaban J connectivity index is 1.43. The number of esters is 1. The number of nitrogens with zero attached hydrogens (tertiary/aromatic N) is 3. The van der Waals surface area contributed by atoms with E-state index < -0.39 is 5.97 Å². The van der Waals surface area contributed by atoms with Crippen molar-refractivity contribution in [2.24, 2.45) is 0 Å². The molecule has 6 rings (SSSR count). The van der Waals surface area contributed by atoms with E-state index in [4.69, 9.17) is 21.7 Å². The van der Waals surface area contributed by atoms with Crippen LogP contribution in [0.1, 0.15) is 33.8 Å². The Morgan fingerprint density at radius 3 is 2.33 bits per heavy atom. The second-order valence-corrected chi connectivity index (χ2v) is 9.60. The molecule has 5 aromatic rings. The summed E-state index contributed by atoms with van der Waals surface area (Å²) in [5.74, 6) is 1.09. The van der Waals surface area contributed by atoms with Crippen LogP contribution in [-0.4, -0.2) is 27.7 Å². The number of benzene rings is 3. The third-order valence-corrected chi connectivity index (χ3v) is 7.16. The van der Waals surface area contributed by atoms with E-state index in [0.717, 1.165) is 34.3 Å². The van der Waals surface area contributed by atoms with E-state index in [9.17, 15) is 4.79 Å². The van der Waals surface area contributed by atoms with E-state index in [0.29, 0.717) is 10.7 Å². The summed E-state index contributed by atoms with van der Waals surface area (Å²) in [7, 11) is 1.39. The molecule has 1 aliphatic rings. The number of carbonyl (C=O) groups is 1. The van der Waals surface area contributed by atoms with Crippen molar-refractivity contribution in [2.45, 2.75) is 12.1 Å². The molecule has 2 aromatic heterocycles. The van der Waals surface area contributed by atoms with Gasteiger partial charge in [0, 0.05) is 23.8 Å². The lowest BCUT2D eigenvalue weighted by molar-refractivity contribution is 0.0600. The number of anilines is 1. The normalized spacial score (nSPS) is 16.4. The Kier molecular flexibility index (Phi) is 6.99. The largest absolute Gasteiger partial charge is 0.465 e. The molecule has 3 aromatic carbocycles. The Hall–Kier alpha value is -4.95. The van der Waals surface area contributed by atoms with Crippen molar-refractivity contribution in [3.63, 3.8) is 0 Å². The van der Waals surface area contributed by atoms with Gasteiger partial charge >= 0.3 is 5.97 Å². The van der Waals surface area contributed by atoms with Gasteiger partial charge in [-0.3, -0.25) is 4.98 Å². The maximum Gasteiger partial charge on any atom is 0.339 e. The van der Waals surface area contributed by atoms with Crippen molar-refractivity contribution in [3.8, 4) is 17.2 Å². The lowest BCUT2D eigenvalue weighted by atomic mass is 10.0. The number of rotatable bonds is 7. The number of pyridine rings is 1. The highest BCUT2D eigenvalue weighted by atomic mass is 32.1. The molecule has 8 heteroatoms. The minimum atomic E-state index is -0.401. The Labute approximate surface area is 237 Å². The third-order valence-electron chi connectivity index (χ3n) is 6.84. The van der Waals surface area contributed by atoms with Gasteiger partial charge in [0.05, 0.1) is 30.1 Å². The maximum atomic E-state index is 12.6. The molecule has 0 unspecified atom stereocenters. The fourth-order valence-electron chi connectivity index (χ4n) is 5.05. The zero-order valence-electron chi connectivity index (χ0n) is 21.7. The van der Waals surface area contributed by atoms with Crippen LogP contribution in [0.25, 0.3) is 5.69 Å². The summed E-state index contributed by atoms with van der Waals surface area (Å²) in [6.45, 7) is 0. The predicted octanol–water partition coefficient (Wildman–Crippen LogP) is 6.63. The lowest BCUT2D eigenvalue weighted by Crippen LogP contribution is -2.30. The van der Waals surface area contributed by atoms with Crippen LogP contribution >= 0.6 is 12.2 Å². The van der Waals surface area contributed by atoms with Crippen molar-refractivity contribution in [2.75, 3.05) is 12.0 Å². The number of carbonyl (C=O) groups excluding carboxylic acids is 1. The fraction of sp³-hybridized carbons (Fsp3) is 0.0938. The average Bonchev–Trinajstić information content (AvgIpc) is 3.62. The number of para-hydroxylation sites is 2. The minimum absolute atomic E-state index is 0.243. The first-order chi connectivity index (χ1) is 19.6. The minimum Gasteiger partial charge on any atom is -0.465 e. The molecule has 0 bridgehead atoms. The van der Waals surface area contributed by atoms with E-state index in [1.165, 1.54) is 7.11 Å². The van der Waals surface area contributed by atoms with Gasteiger partial charge in [0.15, 0.2) is 5.11 Å². The highest BCUT2D eigenvalue weighted by molar-refractivity contribution is 7.80. The molecule has 1 saturated heterocycles. The zero-order chi connectivity index (χ0) is 27.5. The highest BCUT2D eigenvalue weighted by Crippen LogP contribution is 2.43. The van der Waals surface area contributed by atoms with E-state index in [1.54, 1.807) is 12.3 Å². The van der Waals surface area contributed by atoms with E-state index in [2.05, 4.69) is 15.2 Å². The molecule has 3 heterocycles. The SMILES string of the molecule is COC(=O)c1ccccc1-n1cccc1[C@@H]1[C@H](c2ccccn2)NC(=S)N1c1ccc(Oc2ccccc2)cc1. The predicted molar refractivity (Wildman–Crippen MR) is 158 cm³/mol. The Morgan fingerprint density at radius 1 is 0.850 bits per heavy atom. The number of methoxy groups -OCH3 is 1. The van der Waals surface area contributed by atoms with Gasteiger partial charge in [0.1, 0.15) is 17.5 Å². The Bertz CT molecular complexity index is 1640. The van der Waals surface area contributed by atoms with Gasteiger partial charge in [0.2, 0.25) is 0 Å². The van der Waals surface area contributed by atoms with Gasteiger partial charge in [-0.25, -0.2) is 4.79 Å². The molecule has 1 fully saturated rings. The van der Waals surface area contributed by atoms with Gasteiger partial charge < -0.3 is 24.3 Å². The monoisotopic (exact) mass is 546 g/mol. The molecule has 7 nitrogen and oxygen atoms in total. The first-order valence-electron chi connectivity index (χ1n) is 12.8. The summed E-state index contributed by atoms with van der Waals surface area (Å²) in [5.41, 5.74) is 3.88. The van der Waals surface area contributed by atoms with Gasteiger partial charge in [-0.05, 0) is 85.0 Å². The van der Waals surface area contributed by atoms with Gasteiger partial charge in [-0.1, -0.05) is 36.4 Å². The maximum absolute atomic E-state index is 12.6. The quantitative estimate of drug-likeness (QED) is 0.182. The van der Waals surface area contributed by atoms with E-state index >= 15 is 0 Å². The number of aromatic nitrogens is 2. The topological polar surface area (TPSA) is 68.6 Å². The Morgan fingerprint density at radius 2 is 1.57 bits per heavy atom. The van der Waals surface area contributed by atoms with Crippen LogP contribution in [0.2, 0.25) is 0 Å². The van der Waals surface area contributed by atoms with Crippen molar-refractivity contribution in [1.82, 2.24) is 14.9 Å². The smallest absolute Gasteiger partial charge is 0.339 e. The van der Waals surface area contributed by atoms with Crippen LogP contribution in [0.5, 0.6) is 11.5 Å². The van der Waals surface area contributed by atoms with Gasteiger partial charge in [0.25, 0.3) is 0 Å². The van der Waals surface area contributed by atoms with Crippen molar-refractivity contribution in [1.29, 1.82) is 0 Å². The summed E-state index contributed by atoms with van der Waals surface area (Å²) in [5, 5.41) is 4.07. The van der Waals surface area contributed by atoms with Crippen molar-refractivity contribution >= 4 is 29.0 Å². The lowest BCUT2D eigenvalue weighted by Gasteiger charge is -2.29. The van der Waals surface area contributed by atoms with Crippen LogP contribution in [0, 0.1) is 0 Å². The highest BCUT2D eigenvalue weighted by Gasteiger charge is 2.42. The molecule has 0 spiro atoms. The molecule has 0 amide bonds. The molecule has 1 N–H and O–H groups in total. The van der Waals surface area contributed by atoms with Crippen LogP contribution in [0.15, 0.2) is 122 Å². The molecular formula is C32H26N4O3S. The standard InChI is InChI=1S/C32H26N4O3S/c1-38-31(37)25-12-5-6-14-27(25)35-21-9-15-28(35)30-29(26-13-7-8-20-33-26)34-32(40)36(30)22-16-18-24(19-17-22)39-23-10-3-2-4-11-23/h2-21,29-30H,1H3,(H,34,40)/t29-,30+/m0/s1. The number of nitrogens with one attached hydrogen (secondary N) is 1. The zero-order valence-corrected chi connectivity index (χ0v) is 22.5. The molecule has 40 heavy (non-hydrogen) atoms. The first-order valence-corrected chi connectivity index (χ1v) is 13.2. The summed E-state index contributed by atoms with van der Waals surface area (Å²) >= 11 is 5.91.